The maximum atomic E-state index is 13.1. The first-order valence-corrected chi connectivity index (χ1v) is 7.10. The van der Waals surface area contributed by atoms with Crippen LogP contribution in [0.1, 0.15) is 31.2 Å². The molecule has 20 heavy (non-hydrogen) atoms. The van der Waals surface area contributed by atoms with Crippen molar-refractivity contribution in [2.24, 2.45) is 0 Å². The number of fused-ring (bicyclic) bond motifs is 2. The van der Waals surface area contributed by atoms with Gasteiger partial charge in [0.25, 0.3) is 0 Å². The Morgan fingerprint density at radius 3 is 2.30 bits per heavy atom. The fraction of sp³-hybridized carbons (Fsp3) is 0.600. The average molecular weight is 284 g/mol. The highest BCUT2D eigenvalue weighted by Gasteiger charge is 2.38. The Balaban J connectivity index is 1.85. The number of anilines is 1. The van der Waals surface area contributed by atoms with Crippen LogP contribution in [0.4, 0.5) is 18.9 Å². The molecular weight excluding hydrogens is 265 g/mol. The van der Waals surface area contributed by atoms with Gasteiger partial charge in [0.2, 0.25) is 0 Å². The fourth-order valence-corrected chi connectivity index (χ4v) is 3.56. The van der Waals surface area contributed by atoms with Gasteiger partial charge in [-0.15, -0.1) is 0 Å². The maximum Gasteiger partial charge on any atom is 0.418 e. The summed E-state index contributed by atoms with van der Waals surface area (Å²) < 4.78 is 39.3. The Kier molecular flexibility index (Phi) is 3.40. The molecule has 2 atom stereocenters. The van der Waals surface area contributed by atoms with Crippen molar-refractivity contribution in [3.8, 4) is 0 Å². The van der Waals surface area contributed by atoms with Crippen LogP contribution in [0.25, 0.3) is 0 Å². The first-order valence-electron chi connectivity index (χ1n) is 7.10. The molecule has 2 saturated heterocycles. The first kappa shape index (κ1) is 13.7. The molecule has 2 bridgehead atoms. The number of piperidine rings is 1. The summed E-state index contributed by atoms with van der Waals surface area (Å²) in [5.74, 6) is 0. The van der Waals surface area contributed by atoms with Crippen LogP contribution in [-0.4, -0.2) is 25.2 Å². The van der Waals surface area contributed by atoms with E-state index in [4.69, 9.17) is 0 Å². The van der Waals surface area contributed by atoms with E-state index in [-0.39, 0.29) is 6.04 Å². The van der Waals surface area contributed by atoms with Gasteiger partial charge >= 0.3 is 6.18 Å². The van der Waals surface area contributed by atoms with E-state index in [1.807, 2.05) is 4.90 Å². The molecule has 0 amide bonds. The highest BCUT2D eigenvalue weighted by Crippen LogP contribution is 2.38. The number of nitrogens with one attached hydrogen (secondary N) is 1. The zero-order valence-corrected chi connectivity index (χ0v) is 11.5. The van der Waals surface area contributed by atoms with Crippen LogP contribution < -0.4 is 10.2 Å². The molecule has 1 aromatic rings. The quantitative estimate of drug-likeness (QED) is 0.895. The molecule has 2 nitrogen and oxygen atoms in total. The van der Waals surface area contributed by atoms with Crippen LogP contribution in [0.2, 0.25) is 0 Å². The molecule has 0 radical (unpaired) electrons. The number of nitrogens with zero attached hydrogens (tertiary/aromatic N) is 1. The maximum absolute atomic E-state index is 13.1. The summed E-state index contributed by atoms with van der Waals surface area (Å²) in [5, 5.41) is 3.52. The molecule has 110 valence electrons. The number of hydrogen-bond donors (Lipinski definition) is 1. The molecule has 2 unspecified atom stereocenters. The van der Waals surface area contributed by atoms with Crippen molar-refractivity contribution in [3.63, 3.8) is 0 Å². The van der Waals surface area contributed by atoms with Gasteiger partial charge in [-0.05, 0) is 37.8 Å². The third-order valence-corrected chi connectivity index (χ3v) is 4.59. The monoisotopic (exact) mass is 284 g/mol. The highest BCUT2D eigenvalue weighted by molar-refractivity contribution is 5.55. The summed E-state index contributed by atoms with van der Waals surface area (Å²) in [6.45, 7) is 0. The number of benzene rings is 1. The van der Waals surface area contributed by atoms with E-state index < -0.39 is 11.7 Å². The summed E-state index contributed by atoms with van der Waals surface area (Å²) in [6, 6.07) is 7.01. The summed E-state index contributed by atoms with van der Waals surface area (Å²) in [6.07, 6.45) is -0.138. The van der Waals surface area contributed by atoms with Crippen LogP contribution in [0.3, 0.4) is 0 Å². The van der Waals surface area contributed by atoms with Crippen LogP contribution in [0.15, 0.2) is 24.3 Å². The van der Waals surface area contributed by atoms with Gasteiger partial charge in [0, 0.05) is 30.9 Å². The minimum Gasteiger partial charge on any atom is -0.371 e. The van der Waals surface area contributed by atoms with Crippen molar-refractivity contribution in [3.05, 3.63) is 29.8 Å². The molecule has 0 saturated carbocycles. The van der Waals surface area contributed by atoms with Gasteiger partial charge in [0.15, 0.2) is 0 Å². The fourth-order valence-electron chi connectivity index (χ4n) is 3.56. The molecule has 2 aliphatic heterocycles. The van der Waals surface area contributed by atoms with Gasteiger partial charge in [-0.1, -0.05) is 12.1 Å². The van der Waals surface area contributed by atoms with E-state index in [9.17, 15) is 13.2 Å². The normalized spacial score (nSPS) is 29.5. The van der Waals surface area contributed by atoms with Crippen molar-refractivity contribution < 1.29 is 13.2 Å². The summed E-state index contributed by atoms with van der Waals surface area (Å²) in [7, 11) is 1.79. The third-order valence-electron chi connectivity index (χ3n) is 4.59. The molecule has 0 spiro atoms. The van der Waals surface area contributed by atoms with E-state index in [0.29, 0.717) is 17.8 Å². The average Bonchev–Trinajstić information content (AvgIpc) is 2.75. The zero-order valence-electron chi connectivity index (χ0n) is 11.5. The number of rotatable bonds is 2. The third kappa shape index (κ3) is 2.51. The molecule has 2 heterocycles. The zero-order chi connectivity index (χ0) is 14.3. The minimum absolute atomic E-state index is 0.192. The predicted octanol–water partition coefficient (Wildman–Crippen LogP) is 3.42. The van der Waals surface area contributed by atoms with E-state index in [0.717, 1.165) is 25.7 Å². The standard InChI is InChI=1S/C15H19F3N2/c1-20(12-8-10-6-7-11(9-12)19-10)14-5-3-2-4-13(14)15(16,17)18/h2-5,10-12,19H,6-9H2,1H3. The smallest absolute Gasteiger partial charge is 0.371 e. The molecule has 1 N–H and O–H groups in total. The molecule has 0 aromatic heterocycles. The summed E-state index contributed by atoms with van der Waals surface area (Å²) >= 11 is 0. The first-order chi connectivity index (χ1) is 9.45. The Morgan fingerprint density at radius 2 is 1.70 bits per heavy atom. The second kappa shape index (κ2) is 4.95. The number of para-hydroxylation sites is 1. The van der Waals surface area contributed by atoms with Crippen LogP contribution in [0.5, 0.6) is 0 Å². The van der Waals surface area contributed by atoms with Crippen LogP contribution in [-0.2, 0) is 6.18 Å². The van der Waals surface area contributed by atoms with Crippen molar-refractivity contribution in [2.45, 2.75) is 50.0 Å². The van der Waals surface area contributed by atoms with Gasteiger partial charge in [-0.25, -0.2) is 0 Å². The molecule has 5 heteroatoms. The van der Waals surface area contributed by atoms with Crippen molar-refractivity contribution in [1.82, 2.24) is 5.32 Å². The highest BCUT2D eigenvalue weighted by atomic mass is 19.4. The SMILES string of the molecule is CN(c1ccccc1C(F)(F)F)C1CC2CCC(C1)N2. The van der Waals surface area contributed by atoms with Crippen molar-refractivity contribution in [2.75, 3.05) is 11.9 Å². The molecule has 3 rings (SSSR count). The number of halogens is 3. The largest absolute Gasteiger partial charge is 0.418 e. The second-order valence-corrected chi connectivity index (χ2v) is 5.89. The molecule has 0 aliphatic carbocycles. The van der Waals surface area contributed by atoms with E-state index in [2.05, 4.69) is 5.32 Å². The predicted molar refractivity (Wildman–Crippen MR) is 72.8 cm³/mol. The Labute approximate surface area is 117 Å². The lowest BCUT2D eigenvalue weighted by molar-refractivity contribution is -0.137. The van der Waals surface area contributed by atoms with Gasteiger partial charge in [-0.3, -0.25) is 0 Å². The van der Waals surface area contributed by atoms with E-state index in [1.165, 1.54) is 12.1 Å². The van der Waals surface area contributed by atoms with Gasteiger partial charge in [0.1, 0.15) is 0 Å². The number of hydrogen-bond acceptors (Lipinski definition) is 2. The van der Waals surface area contributed by atoms with E-state index >= 15 is 0 Å². The lowest BCUT2D eigenvalue weighted by Gasteiger charge is -2.37. The summed E-state index contributed by atoms with van der Waals surface area (Å²) in [4.78, 5) is 1.83. The minimum atomic E-state index is -4.29. The molecule has 2 aliphatic rings. The number of alkyl halides is 3. The molecule has 1 aromatic carbocycles. The Hall–Kier alpha value is -1.23. The summed E-state index contributed by atoms with van der Waals surface area (Å²) in [5.41, 5.74) is -0.236. The second-order valence-electron chi connectivity index (χ2n) is 5.89. The van der Waals surface area contributed by atoms with Crippen LogP contribution in [0, 0.1) is 0 Å². The van der Waals surface area contributed by atoms with Crippen molar-refractivity contribution in [1.29, 1.82) is 0 Å². The van der Waals surface area contributed by atoms with Crippen LogP contribution >= 0.6 is 0 Å². The van der Waals surface area contributed by atoms with E-state index in [1.54, 1.807) is 19.2 Å². The lowest BCUT2D eigenvalue weighted by Crippen LogP contribution is -2.47. The van der Waals surface area contributed by atoms with Gasteiger partial charge in [0.05, 0.1) is 5.56 Å². The Bertz CT molecular complexity index is 474. The molecule has 2 fully saturated rings. The van der Waals surface area contributed by atoms with Gasteiger partial charge in [-0.2, -0.15) is 13.2 Å². The molecular formula is C15H19F3N2. The Morgan fingerprint density at radius 1 is 1.10 bits per heavy atom. The van der Waals surface area contributed by atoms with Crippen molar-refractivity contribution >= 4 is 5.69 Å². The van der Waals surface area contributed by atoms with Gasteiger partial charge < -0.3 is 10.2 Å². The lowest BCUT2D eigenvalue weighted by atomic mass is 9.97. The topological polar surface area (TPSA) is 15.3 Å².